The molecular formula is C27H35BrN4O. The van der Waals surface area contributed by atoms with Gasteiger partial charge in [0.15, 0.2) is 0 Å². The highest BCUT2D eigenvalue weighted by atomic mass is 79.9. The number of hydrogen-bond acceptors (Lipinski definition) is 3. The van der Waals surface area contributed by atoms with Gasteiger partial charge in [-0.1, -0.05) is 41.4 Å². The summed E-state index contributed by atoms with van der Waals surface area (Å²) < 4.78 is 3.32. The Bertz CT molecular complexity index is 1080. The van der Waals surface area contributed by atoms with Crippen LogP contribution in [0.1, 0.15) is 52.3 Å². The van der Waals surface area contributed by atoms with Crippen LogP contribution in [-0.2, 0) is 11.3 Å². The lowest BCUT2D eigenvalue weighted by atomic mass is 9.95. The Labute approximate surface area is 205 Å². The second-order valence-electron chi connectivity index (χ2n) is 9.38. The minimum Gasteiger partial charge on any atom is -0.340 e. The Morgan fingerprint density at radius 2 is 1.94 bits per heavy atom. The van der Waals surface area contributed by atoms with Gasteiger partial charge in [-0.25, -0.2) is 4.98 Å². The molecule has 0 N–H and O–H groups in total. The van der Waals surface area contributed by atoms with Crippen molar-refractivity contribution in [2.24, 2.45) is 5.92 Å². The first-order valence-corrected chi connectivity index (χ1v) is 13.0. The van der Waals surface area contributed by atoms with E-state index in [-0.39, 0.29) is 12.0 Å². The van der Waals surface area contributed by atoms with E-state index < -0.39 is 0 Å². The zero-order chi connectivity index (χ0) is 23.4. The number of halogens is 1. The molecule has 6 heteroatoms. The van der Waals surface area contributed by atoms with Crippen LogP contribution in [0.5, 0.6) is 0 Å². The van der Waals surface area contributed by atoms with Crippen molar-refractivity contribution in [2.45, 2.75) is 59.0 Å². The van der Waals surface area contributed by atoms with E-state index in [0.717, 1.165) is 78.9 Å². The van der Waals surface area contributed by atoms with Crippen LogP contribution in [0, 0.1) is 5.92 Å². The van der Waals surface area contributed by atoms with E-state index in [1.54, 1.807) is 0 Å². The molecule has 1 amide bonds. The fourth-order valence-corrected chi connectivity index (χ4v) is 5.11. The van der Waals surface area contributed by atoms with E-state index in [4.69, 9.17) is 4.98 Å². The third kappa shape index (κ3) is 5.49. The normalized spacial score (nSPS) is 17.1. The fourth-order valence-electron chi connectivity index (χ4n) is 4.85. The third-order valence-corrected chi connectivity index (χ3v) is 7.12. The van der Waals surface area contributed by atoms with Crippen molar-refractivity contribution in [1.29, 1.82) is 0 Å². The summed E-state index contributed by atoms with van der Waals surface area (Å²) in [6, 6.07) is 16.9. The molecule has 1 aliphatic heterocycles. The number of carbonyl (C=O) groups is 1. The van der Waals surface area contributed by atoms with Gasteiger partial charge >= 0.3 is 0 Å². The topological polar surface area (TPSA) is 41.4 Å². The first-order chi connectivity index (χ1) is 16.0. The van der Waals surface area contributed by atoms with Crippen LogP contribution in [0.15, 0.2) is 53.0 Å². The molecule has 0 unspecified atom stereocenters. The summed E-state index contributed by atoms with van der Waals surface area (Å²) in [6.45, 7) is 9.86. The maximum Gasteiger partial charge on any atom is 0.227 e. The zero-order valence-corrected chi connectivity index (χ0v) is 21.6. The Morgan fingerprint density at radius 1 is 1.18 bits per heavy atom. The van der Waals surface area contributed by atoms with E-state index in [9.17, 15) is 4.79 Å². The molecule has 33 heavy (non-hydrogen) atoms. The number of benzene rings is 2. The lowest BCUT2D eigenvalue weighted by Gasteiger charge is -2.36. The van der Waals surface area contributed by atoms with Crippen LogP contribution in [0.25, 0.3) is 16.7 Å². The molecule has 4 rings (SSSR count). The predicted molar refractivity (Wildman–Crippen MR) is 139 cm³/mol. The summed E-state index contributed by atoms with van der Waals surface area (Å²) in [5.41, 5.74) is 3.23. The lowest BCUT2D eigenvalue weighted by molar-refractivity contribution is -0.139. The van der Waals surface area contributed by atoms with Gasteiger partial charge in [0, 0.05) is 29.3 Å². The van der Waals surface area contributed by atoms with Crippen molar-refractivity contribution in [3.63, 3.8) is 0 Å². The summed E-state index contributed by atoms with van der Waals surface area (Å²) in [7, 11) is 0. The molecule has 1 fully saturated rings. The molecule has 176 valence electrons. The van der Waals surface area contributed by atoms with Gasteiger partial charge in [-0.2, -0.15) is 0 Å². The van der Waals surface area contributed by atoms with Crippen molar-refractivity contribution in [2.75, 3.05) is 19.6 Å². The molecule has 2 heterocycles. The van der Waals surface area contributed by atoms with Gasteiger partial charge < -0.3 is 4.90 Å². The highest BCUT2D eigenvalue weighted by Crippen LogP contribution is 2.26. The van der Waals surface area contributed by atoms with Gasteiger partial charge in [-0.3, -0.25) is 14.3 Å². The van der Waals surface area contributed by atoms with Crippen LogP contribution in [-0.4, -0.2) is 50.9 Å². The summed E-state index contributed by atoms with van der Waals surface area (Å²) in [6.07, 6.45) is 4.21. The highest BCUT2D eigenvalue weighted by Gasteiger charge is 2.31. The molecule has 5 nitrogen and oxygen atoms in total. The van der Waals surface area contributed by atoms with Gasteiger partial charge in [0.05, 0.1) is 23.5 Å². The summed E-state index contributed by atoms with van der Waals surface area (Å²) in [4.78, 5) is 22.9. The quantitative estimate of drug-likeness (QED) is 0.371. The Morgan fingerprint density at radius 3 is 2.67 bits per heavy atom. The number of amides is 1. The zero-order valence-electron chi connectivity index (χ0n) is 20.0. The minimum absolute atomic E-state index is 0.0727. The van der Waals surface area contributed by atoms with Gasteiger partial charge in [0.25, 0.3) is 0 Å². The Kier molecular flexibility index (Phi) is 7.86. The van der Waals surface area contributed by atoms with Crippen molar-refractivity contribution in [3.8, 4) is 5.69 Å². The Balaban J connectivity index is 1.56. The number of rotatable bonds is 8. The molecule has 1 atom stereocenters. The molecule has 3 aromatic rings. The number of piperidine rings is 1. The third-order valence-electron chi connectivity index (χ3n) is 6.59. The number of nitrogens with zero attached hydrogens (tertiary/aromatic N) is 4. The van der Waals surface area contributed by atoms with E-state index in [1.807, 2.05) is 6.07 Å². The van der Waals surface area contributed by atoms with E-state index >= 15 is 0 Å². The predicted octanol–water partition coefficient (Wildman–Crippen LogP) is 6.04. The van der Waals surface area contributed by atoms with Crippen LogP contribution >= 0.6 is 15.9 Å². The van der Waals surface area contributed by atoms with Crippen molar-refractivity contribution in [1.82, 2.24) is 19.4 Å². The monoisotopic (exact) mass is 510 g/mol. The number of para-hydroxylation sites is 2. The fraction of sp³-hybridized carbons (Fsp3) is 0.481. The largest absolute Gasteiger partial charge is 0.340 e. The van der Waals surface area contributed by atoms with E-state index in [2.05, 4.69) is 93.5 Å². The highest BCUT2D eigenvalue weighted by molar-refractivity contribution is 9.10. The maximum absolute atomic E-state index is 13.4. The van der Waals surface area contributed by atoms with Crippen LogP contribution < -0.4 is 0 Å². The maximum atomic E-state index is 13.4. The summed E-state index contributed by atoms with van der Waals surface area (Å²) in [5.74, 6) is 1.42. The second-order valence-corrected chi connectivity index (χ2v) is 10.3. The second kappa shape index (κ2) is 10.8. The minimum atomic E-state index is 0.0727. The molecule has 0 bridgehead atoms. The SMILES string of the molecule is CCCCN(C(=O)[C@H]1CCCN(Cc2nc3ccccc3n2-c2ccc(Br)cc2)C1)C(C)C. The molecule has 0 aliphatic carbocycles. The summed E-state index contributed by atoms with van der Waals surface area (Å²) in [5, 5.41) is 0. The van der Waals surface area contributed by atoms with Crippen LogP contribution in [0.2, 0.25) is 0 Å². The molecule has 1 aromatic heterocycles. The van der Waals surface area contributed by atoms with Crippen molar-refractivity contribution < 1.29 is 4.79 Å². The van der Waals surface area contributed by atoms with Gasteiger partial charge in [-0.15, -0.1) is 0 Å². The van der Waals surface area contributed by atoms with Gasteiger partial charge in [0.1, 0.15) is 5.82 Å². The summed E-state index contributed by atoms with van der Waals surface area (Å²) >= 11 is 3.55. The number of imidazole rings is 1. The van der Waals surface area contributed by atoms with Crippen LogP contribution in [0.3, 0.4) is 0 Å². The number of fused-ring (bicyclic) bond motifs is 1. The van der Waals surface area contributed by atoms with Crippen molar-refractivity contribution in [3.05, 3.63) is 58.8 Å². The molecular weight excluding hydrogens is 476 g/mol. The smallest absolute Gasteiger partial charge is 0.227 e. The van der Waals surface area contributed by atoms with Crippen LogP contribution in [0.4, 0.5) is 0 Å². The molecule has 1 saturated heterocycles. The molecule has 1 aliphatic rings. The first kappa shape index (κ1) is 24.0. The standard InChI is InChI=1S/C27H35BrN4O/c1-4-5-17-31(20(2)3)27(33)21-9-8-16-30(18-21)19-26-29-24-10-6-7-11-25(24)32(26)23-14-12-22(28)13-15-23/h6-7,10-15,20-21H,4-5,8-9,16-19H2,1-3H3/t21-/m0/s1. The number of likely N-dealkylation sites (tertiary alicyclic amines) is 1. The van der Waals surface area contributed by atoms with Gasteiger partial charge in [0.2, 0.25) is 5.91 Å². The molecule has 0 saturated carbocycles. The number of aromatic nitrogens is 2. The lowest BCUT2D eigenvalue weighted by Crippen LogP contribution is -2.47. The average molecular weight is 512 g/mol. The average Bonchev–Trinajstić information content (AvgIpc) is 3.17. The Hall–Kier alpha value is -2.18. The molecule has 0 radical (unpaired) electrons. The molecule has 0 spiro atoms. The molecule has 2 aromatic carbocycles. The number of hydrogen-bond donors (Lipinski definition) is 0. The van der Waals surface area contributed by atoms with Crippen molar-refractivity contribution >= 4 is 32.9 Å². The van der Waals surface area contributed by atoms with E-state index in [0.29, 0.717) is 5.91 Å². The van der Waals surface area contributed by atoms with Gasteiger partial charge in [-0.05, 0) is 76.1 Å². The number of unbranched alkanes of at least 4 members (excludes halogenated alkanes) is 1. The number of carbonyl (C=O) groups excluding carboxylic acids is 1. The van der Waals surface area contributed by atoms with E-state index in [1.165, 1.54) is 0 Å². The first-order valence-electron chi connectivity index (χ1n) is 12.2.